The molecule has 5 heteroatoms. The highest BCUT2D eigenvalue weighted by Crippen LogP contribution is 2.19. The summed E-state index contributed by atoms with van der Waals surface area (Å²) < 4.78 is 26.1. The summed E-state index contributed by atoms with van der Waals surface area (Å²) in [6.07, 6.45) is 0. The molecule has 0 aliphatic rings. The number of hydrogen-bond acceptors (Lipinski definition) is 2. The highest BCUT2D eigenvalue weighted by Gasteiger charge is 2.15. The van der Waals surface area contributed by atoms with Gasteiger partial charge in [-0.15, -0.1) is 0 Å². The van der Waals surface area contributed by atoms with Crippen LogP contribution in [-0.4, -0.2) is 11.0 Å². The minimum atomic E-state index is -0.795. The zero-order valence-electron chi connectivity index (χ0n) is 9.86. The lowest BCUT2D eigenvalue weighted by molar-refractivity contribution is 0.0944. The van der Waals surface area contributed by atoms with Crippen molar-refractivity contribution in [1.29, 1.82) is 0 Å². The Morgan fingerprint density at radius 2 is 1.79 bits per heavy atom. The first kappa shape index (κ1) is 13.0. The number of hydrogen-bond donors (Lipinski definition) is 2. The summed E-state index contributed by atoms with van der Waals surface area (Å²) in [7, 11) is 0. The van der Waals surface area contributed by atoms with Gasteiger partial charge in [0, 0.05) is 6.54 Å². The average molecular weight is 263 g/mol. The van der Waals surface area contributed by atoms with Crippen LogP contribution in [0.3, 0.4) is 0 Å². The third-order valence-corrected chi connectivity index (χ3v) is 2.59. The Morgan fingerprint density at radius 3 is 2.42 bits per heavy atom. The molecule has 2 rings (SSSR count). The van der Waals surface area contributed by atoms with Crippen LogP contribution in [0.2, 0.25) is 0 Å². The zero-order chi connectivity index (χ0) is 13.8. The molecule has 0 unspecified atom stereocenters. The van der Waals surface area contributed by atoms with Crippen molar-refractivity contribution in [3.63, 3.8) is 0 Å². The Morgan fingerprint density at radius 1 is 1.11 bits per heavy atom. The first-order valence-corrected chi connectivity index (χ1v) is 5.58. The predicted octanol–water partition coefficient (Wildman–Crippen LogP) is 2.60. The van der Waals surface area contributed by atoms with Gasteiger partial charge in [-0.1, -0.05) is 18.2 Å². The normalized spacial score (nSPS) is 10.2. The first-order valence-electron chi connectivity index (χ1n) is 5.58. The fourth-order valence-corrected chi connectivity index (χ4v) is 1.61. The maximum atomic E-state index is 13.4. The van der Waals surface area contributed by atoms with Crippen LogP contribution in [-0.2, 0) is 6.54 Å². The van der Waals surface area contributed by atoms with E-state index in [0.717, 1.165) is 6.07 Å². The Kier molecular flexibility index (Phi) is 3.75. The molecule has 3 nitrogen and oxygen atoms in total. The van der Waals surface area contributed by atoms with Crippen LogP contribution in [0.1, 0.15) is 15.9 Å². The summed E-state index contributed by atoms with van der Waals surface area (Å²) in [5.41, 5.74) is 0.273. The van der Waals surface area contributed by atoms with Crippen LogP contribution in [0.25, 0.3) is 0 Å². The maximum absolute atomic E-state index is 13.4. The molecular weight excluding hydrogens is 252 g/mol. The fourth-order valence-electron chi connectivity index (χ4n) is 1.61. The van der Waals surface area contributed by atoms with Crippen LogP contribution in [0, 0.1) is 11.6 Å². The van der Waals surface area contributed by atoms with Crippen molar-refractivity contribution in [2.45, 2.75) is 6.54 Å². The van der Waals surface area contributed by atoms with Gasteiger partial charge in [0.2, 0.25) is 0 Å². The van der Waals surface area contributed by atoms with Crippen molar-refractivity contribution < 1.29 is 18.7 Å². The van der Waals surface area contributed by atoms with E-state index in [4.69, 9.17) is 0 Å². The van der Waals surface area contributed by atoms with Crippen molar-refractivity contribution in [3.05, 3.63) is 65.2 Å². The maximum Gasteiger partial charge on any atom is 0.258 e. The SMILES string of the molecule is O=C(NCc1ccc(F)cc1)c1c(O)cccc1F. The molecule has 19 heavy (non-hydrogen) atoms. The number of amides is 1. The van der Waals surface area contributed by atoms with Crippen molar-refractivity contribution in [2.75, 3.05) is 0 Å². The molecule has 0 atom stereocenters. The van der Waals surface area contributed by atoms with Gasteiger partial charge in [0.15, 0.2) is 0 Å². The molecule has 1 amide bonds. The summed E-state index contributed by atoms with van der Waals surface area (Å²) in [4.78, 5) is 11.7. The highest BCUT2D eigenvalue weighted by molar-refractivity contribution is 5.97. The van der Waals surface area contributed by atoms with Crippen LogP contribution in [0.4, 0.5) is 8.78 Å². The second kappa shape index (κ2) is 5.48. The van der Waals surface area contributed by atoms with Crippen LogP contribution in [0.5, 0.6) is 5.75 Å². The van der Waals surface area contributed by atoms with E-state index in [-0.39, 0.29) is 12.4 Å². The summed E-state index contributed by atoms with van der Waals surface area (Å²) in [5.74, 6) is -2.31. The van der Waals surface area contributed by atoms with Gasteiger partial charge in [0.1, 0.15) is 22.9 Å². The number of phenolic OH excluding ortho intramolecular Hbond substituents is 1. The number of nitrogens with one attached hydrogen (secondary N) is 1. The minimum absolute atomic E-state index is 0.118. The van der Waals surface area contributed by atoms with Gasteiger partial charge >= 0.3 is 0 Å². The van der Waals surface area contributed by atoms with Crippen molar-refractivity contribution >= 4 is 5.91 Å². The van der Waals surface area contributed by atoms with Gasteiger partial charge in [-0.05, 0) is 29.8 Å². The summed E-state index contributed by atoms with van der Waals surface area (Å²) >= 11 is 0. The van der Waals surface area contributed by atoms with Crippen LogP contribution < -0.4 is 5.32 Å². The Balaban J connectivity index is 2.07. The Bertz CT molecular complexity index is 577. The number of carbonyl (C=O) groups excluding carboxylic acids is 1. The highest BCUT2D eigenvalue weighted by atomic mass is 19.1. The van der Waals surface area contributed by atoms with Crippen molar-refractivity contribution in [1.82, 2.24) is 5.32 Å². The quantitative estimate of drug-likeness (QED) is 0.894. The van der Waals surface area contributed by atoms with Crippen molar-refractivity contribution in [2.24, 2.45) is 0 Å². The lowest BCUT2D eigenvalue weighted by atomic mass is 10.1. The van der Waals surface area contributed by atoms with Gasteiger partial charge in [-0.3, -0.25) is 4.79 Å². The van der Waals surface area contributed by atoms with Gasteiger partial charge in [-0.2, -0.15) is 0 Å². The molecular formula is C14H11F2NO2. The smallest absolute Gasteiger partial charge is 0.258 e. The number of halogens is 2. The molecule has 0 heterocycles. The monoisotopic (exact) mass is 263 g/mol. The topological polar surface area (TPSA) is 49.3 Å². The van der Waals surface area contributed by atoms with E-state index >= 15 is 0 Å². The van der Waals surface area contributed by atoms with Gasteiger partial charge < -0.3 is 10.4 Å². The minimum Gasteiger partial charge on any atom is -0.507 e. The molecule has 0 saturated heterocycles. The van der Waals surface area contributed by atoms with Crippen LogP contribution >= 0.6 is 0 Å². The molecule has 0 aliphatic carbocycles. The standard InChI is InChI=1S/C14H11F2NO2/c15-10-6-4-9(5-7-10)8-17-14(19)13-11(16)2-1-3-12(13)18/h1-7,18H,8H2,(H,17,19). The molecule has 98 valence electrons. The fraction of sp³-hybridized carbons (Fsp3) is 0.0714. The molecule has 0 spiro atoms. The molecule has 0 saturated carbocycles. The summed E-state index contributed by atoms with van der Waals surface area (Å²) in [6.45, 7) is 0.118. The number of aromatic hydroxyl groups is 1. The summed E-state index contributed by atoms with van der Waals surface area (Å²) in [6, 6.07) is 9.18. The van der Waals surface area contributed by atoms with E-state index in [0.29, 0.717) is 5.56 Å². The molecule has 0 bridgehead atoms. The van der Waals surface area contributed by atoms with Gasteiger partial charge in [-0.25, -0.2) is 8.78 Å². The molecule has 0 aliphatic heterocycles. The Hall–Kier alpha value is -2.43. The number of benzene rings is 2. The van der Waals surface area contributed by atoms with E-state index in [1.165, 1.54) is 36.4 Å². The van der Waals surface area contributed by atoms with Crippen LogP contribution in [0.15, 0.2) is 42.5 Å². The lowest BCUT2D eigenvalue weighted by Crippen LogP contribution is -2.23. The molecule has 2 aromatic carbocycles. The third-order valence-electron chi connectivity index (χ3n) is 2.59. The van der Waals surface area contributed by atoms with Crippen molar-refractivity contribution in [3.8, 4) is 5.75 Å². The van der Waals surface area contributed by atoms with E-state index in [1.807, 2.05) is 0 Å². The molecule has 0 radical (unpaired) electrons. The second-order valence-corrected chi connectivity index (χ2v) is 3.94. The zero-order valence-corrected chi connectivity index (χ0v) is 9.86. The Labute approximate surface area is 108 Å². The van der Waals surface area contributed by atoms with E-state index in [2.05, 4.69) is 5.32 Å². The summed E-state index contributed by atoms with van der Waals surface area (Å²) in [5, 5.41) is 11.9. The predicted molar refractivity (Wildman–Crippen MR) is 65.6 cm³/mol. The largest absolute Gasteiger partial charge is 0.507 e. The molecule has 0 fully saturated rings. The average Bonchev–Trinajstić information content (AvgIpc) is 2.38. The van der Waals surface area contributed by atoms with E-state index in [9.17, 15) is 18.7 Å². The van der Waals surface area contributed by atoms with E-state index < -0.39 is 23.0 Å². The van der Waals surface area contributed by atoms with Gasteiger partial charge in [0.25, 0.3) is 5.91 Å². The molecule has 2 N–H and O–H groups in total. The molecule has 0 aromatic heterocycles. The lowest BCUT2D eigenvalue weighted by Gasteiger charge is -2.07. The molecule has 2 aromatic rings. The van der Waals surface area contributed by atoms with E-state index in [1.54, 1.807) is 0 Å². The first-order chi connectivity index (χ1) is 9.08. The number of phenols is 1. The van der Waals surface area contributed by atoms with Gasteiger partial charge in [0.05, 0.1) is 0 Å². The number of rotatable bonds is 3. The number of carbonyl (C=O) groups is 1. The second-order valence-electron chi connectivity index (χ2n) is 3.94. The third kappa shape index (κ3) is 3.07.